The predicted molar refractivity (Wildman–Crippen MR) is 65.9 cm³/mol. The molecule has 2 aromatic rings. The monoisotopic (exact) mass is 232 g/mol. The number of aromatic nitrogens is 3. The van der Waals surface area contributed by atoms with Crippen molar-refractivity contribution in [2.45, 2.75) is 31.9 Å². The minimum Gasteiger partial charge on any atom is -0.391 e. The van der Waals surface area contributed by atoms with Gasteiger partial charge in [0.2, 0.25) is 0 Å². The predicted octanol–water partition coefficient (Wildman–Crippen LogP) is 1.31. The Bertz CT molecular complexity index is 522. The molecule has 0 saturated carbocycles. The Morgan fingerprint density at radius 2 is 2.41 bits per heavy atom. The van der Waals surface area contributed by atoms with E-state index in [1.165, 1.54) is 0 Å². The molecular formula is C12H16N4O. The van der Waals surface area contributed by atoms with Crippen LogP contribution in [0, 0.1) is 0 Å². The van der Waals surface area contributed by atoms with E-state index in [9.17, 15) is 5.11 Å². The van der Waals surface area contributed by atoms with Crippen LogP contribution in [0.5, 0.6) is 0 Å². The summed E-state index contributed by atoms with van der Waals surface area (Å²) in [5, 5.41) is 10.8. The summed E-state index contributed by atoms with van der Waals surface area (Å²) in [6.45, 7) is 2.80. The maximum atomic E-state index is 9.81. The van der Waals surface area contributed by atoms with Crippen molar-refractivity contribution in [3.05, 3.63) is 18.6 Å². The molecule has 0 aromatic carbocycles. The summed E-state index contributed by atoms with van der Waals surface area (Å²) in [6, 6.07) is 2.16. The van der Waals surface area contributed by atoms with E-state index in [4.69, 9.17) is 0 Å². The highest BCUT2D eigenvalue weighted by Crippen LogP contribution is 2.30. The summed E-state index contributed by atoms with van der Waals surface area (Å²) in [6.07, 6.45) is 5.24. The molecule has 17 heavy (non-hydrogen) atoms. The molecule has 90 valence electrons. The number of H-pyrrole nitrogens is 1. The number of hydrogen-bond acceptors (Lipinski definition) is 4. The van der Waals surface area contributed by atoms with Crippen molar-refractivity contribution in [3.8, 4) is 0 Å². The lowest BCUT2D eigenvalue weighted by molar-refractivity contribution is 0.164. The van der Waals surface area contributed by atoms with Gasteiger partial charge < -0.3 is 15.0 Å². The molecule has 2 N–H and O–H groups in total. The summed E-state index contributed by atoms with van der Waals surface area (Å²) in [7, 11) is 0. The van der Waals surface area contributed by atoms with Crippen molar-refractivity contribution < 1.29 is 5.11 Å². The molecular weight excluding hydrogens is 216 g/mol. The Morgan fingerprint density at radius 3 is 3.24 bits per heavy atom. The third-order valence-corrected chi connectivity index (χ3v) is 3.46. The van der Waals surface area contributed by atoms with E-state index in [1.807, 2.05) is 19.2 Å². The van der Waals surface area contributed by atoms with Gasteiger partial charge >= 0.3 is 0 Å². The van der Waals surface area contributed by atoms with Crippen molar-refractivity contribution in [1.29, 1.82) is 0 Å². The van der Waals surface area contributed by atoms with Gasteiger partial charge in [-0.25, -0.2) is 9.97 Å². The molecule has 1 aliphatic rings. The number of nitrogens with one attached hydrogen (secondary N) is 1. The quantitative estimate of drug-likeness (QED) is 0.819. The molecule has 0 aliphatic carbocycles. The second-order valence-electron chi connectivity index (χ2n) is 4.58. The van der Waals surface area contributed by atoms with Crippen LogP contribution < -0.4 is 4.90 Å². The van der Waals surface area contributed by atoms with Gasteiger partial charge in [0.05, 0.1) is 17.5 Å². The van der Waals surface area contributed by atoms with Crippen molar-refractivity contribution in [2.24, 2.45) is 0 Å². The SMILES string of the molecule is C[C@@H](O)[C@H]1CCCN1c1ncnc2[nH]ccc12. The fourth-order valence-corrected chi connectivity index (χ4v) is 2.64. The van der Waals surface area contributed by atoms with Crippen LogP contribution >= 0.6 is 0 Å². The zero-order valence-electron chi connectivity index (χ0n) is 9.80. The van der Waals surface area contributed by atoms with Crippen molar-refractivity contribution in [2.75, 3.05) is 11.4 Å². The molecule has 0 unspecified atom stereocenters. The van der Waals surface area contributed by atoms with Crippen LogP contribution in [0.4, 0.5) is 5.82 Å². The van der Waals surface area contributed by atoms with Crippen LogP contribution in [0.15, 0.2) is 18.6 Å². The van der Waals surface area contributed by atoms with Crippen molar-refractivity contribution in [1.82, 2.24) is 15.0 Å². The van der Waals surface area contributed by atoms with E-state index in [0.717, 1.165) is 36.2 Å². The number of aliphatic hydroxyl groups is 1. The minimum atomic E-state index is -0.332. The summed E-state index contributed by atoms with van der Waals surface area (Å²) in [5.74, 6) is 0.930. The highest BCUT2D eigenvalue weighted by atomic mass is 16.3. The number of nitrogens with zero attached hydrogens (tertiary/aromatic N) is 3. The number of hydrogen-bond donors (Lipinski definition) is 2. The van der Waals surface area contributed by atoms with Gasteiger partial charge in [-0.05, 0) is 25.8 Å². The summed E-state index contributed by atoms with van der Waals surface area (Å²) >= 11 is 0. The number of rotatable bonds is 2. The standard InChI is InChI=1S/C12H16N4O/c1-8(17)10-3-2-6-16(10)12-9-4-5-13-11(9)14-7-15-12/h4-5,7-8,10,17H,2-3,6H2,1H3,(H,13,14,15)/t8-,10-/m1/s1. The number of aliphatic hydroxyl groups excluding tert-OH is 1. The third kappa shape index (κ3) is 1.67. The van der Waals surface area contributed by atoms with Gasteiger partial charge in [-0.1, -0.05) is 0 Å². The zero-order valence-corrected chi connectivity index (χ0v) is 9.80. The normalized spacial score (nSPS) is 22.2. The lowest BCUT2D eigenvalue weighted by atomic mass is 10.1. The highest BCUT2D eigenvalue weighted by molar-refractivity contribution is 5.87. The average Bonchev–Trinajstić information content (AvgIpc) is 2.97. The first-order valence-corrected chi connectivity index (χ1v) is 6.00. The second kappa shape index (κ2) is 4.00. The lowest BCUT2D eigenvalue weighted by Gasteiger charge is -2.28. The molecule has 0 spiro atoms. The first-order valence-electron chi connectivity index (χ1n) is 6.00. The van der Waals surface area contributed by atoms with Crippen LogP contribution in [0.2, 0.25) is 0 Å². The largest absolute Gasteiger partial charge is 0.391 e. The Morgan fingerprint density at radius 1 is 1.53 bits per heavy atom. The van der Waals surface area contributed by atoms with E-state index in [1.54, 1.807) is 6.33 Å². The Kier molecular flexibility index (Phi) is 2.48. The van der Waals surface area contributed by atoms with E-state index in [0.29, 0.717) is 0 Å². The van der Waals surface area contributed by atoms with Crippen LogP contribution in [-0.4, -0.2) is 38.7 Å². The van der Waals surface area contributed by atoms with E-state index < -0.39 is 0 Å². The van der Waals surface area contributed by atoms with Crippen LogP contribution in [0.1, 0.15) is 19.8 Å². The minimum absolute atomic E-state index is 0.169. The first kappa shape index (κ1) is 10.5. The molecule has 2 aromatic heterocycles. The van der Waals surface area contributed by atoms with Gasteiger partial charge in [0.1, 0.15) is 17.8 Å². The molecule has 1 fully saturated rings. The maximum Gasteiger partial charge on any atom is 0.142 e. The van der Waals surface area contributed by atoms with Gasteiger partial charge in [0.25, 0.3) is 0 Å². The van der Waals surface area contributed by atoms with E-state index in [2.05, 4.69) is 19.9 Å². The summed E-state index contributed by atoms with van der Waals surface area (Å²) in [4.78, 5) is 13.8. The number of fused-ring (bicyclic) bond motifs is 1. The molecule has 3 rings (SSSR count). The van der Waals surface area contributed by atoms with Crippen LogP contribution in [-0.2, 0) is 0 Å². The maximum absolute atomic E-state index is 9.81. The van der Waals surface area contributed by atoms with Crippen LogP contribution in [0.3, 0.4) is 0 Å². The van der Waals surface area contributed by atoms with Gasteiger partial charge in [-0.3, -0.25) is 0 Å². The molecule has 2 atom stereocenters. The second-order valence-corrected chi connectivity index (χ2v) is 4.58. The van der Waals surface area contributed by atoms with Crippen molar-refractivity contribution in [3.63, 3.8) is 0 Å². The van der Waals surface area contributed by atoms with Crippen LogP contribution in [0.25, 0.3) is 11.0 Å². The average molecular weight is 232 g/mol. The lowest BCUT2D eigenvalue weighted by Crippen LogP contribution is -2.38. The molecule has 1 aliphatic heterocycles. The zero-order chi connectivity index (χ0) is 11.8. The van der Waals surface area contributed by atoms with Gasteiger partial charge in [-0.2, -0.15) is 0 Å². The summed E-state index contributed by atoms with van der Waals surface area (Å²) in [5.41, 5.74) is 0.853. The van der Waals surface area contributed by atoms with Crippen molar-refractivity contribution >= 4 is 16.9 Å². The molecule has 5 heteroatoms. The molecule has 3 heterocycles. The molecule has 0 radical (unpaired) electrons. The fraction of sp³-hybridized carbons (Fsp3) is 0.500. The Labute approximate surface area is 99.5 Å². The molecule has 5 nitrogen and oxygen atoms in total. The smallest absolute Gasteiger partial charge is 0.142 e. The first-order chi connectivity index (χ1) is 8.27. The van der Waals surface area contributed by atoms with E-state index in [-0.39, 0.29) is 12.1 Å². The number of aromatic amines is 1. The third-order valence-electron chi connectivity index (χ3n) is 3.46. The summed E-state index contributed by atoms with van der Waals surface area (Å²) < 4.78 is 0. The van der Waals surface area contributed by atoms with Gasteiger partial charge in [0, 0.05) is 12.7 Å². The van der Waals surface area contributed by atoms with Gasteiger partial charge in [-0.15, -0.1) is 0 Å². The molecule has 0 bridgehead atoms. The highest BCUT2D eigenvalue weighted by Gasteiger charge is 2.30. The fourth-order valence-electron chi connectivity index (χ4n) is 2.64. The van der Waals surface area contributed by atoms with E-state index >= 15 is 0 Å². The Hall–Kier alpha value is -1.62. The van der Waals surface area contributed by atoms with Gasteiger partial charge in [0.15, 0.2) is 0 Å². The number of anilines is 1. The Balaban J connectivity index is 2.05. The topological polar surface area (TPSA) is 65.0 Å². The molecule has 0 amide bonds. The molecule has 1 saturated heterocycles.